The third kappa shape index (κ3) is 3.56. The van der Waals surface area contributed by atoms with Gasteiger partial charge in [-0.3, -0.25) is 9.59 Å². The summed E-state index contributed by atoms with van der Waals surface area (Å²) in [4.78, 5) is 23.7. The minimum absolute atomic E-state index is 0.229. The molecule has 0 heterocycles. The van der Waals surface area contributed by atoms with Gasteiger partial charge >= 0.3 is 0 Å². The van der Waals surface area contributed by atoms with Crippen molar-refractivity contribution in [1.82, 2.24) is 0 Å². The van der Waals surface area contributed by atoms with E-state index in [9.17, 15) is 9.59 Å². The van der Waals surface area contributed by atoms with E-state index < -0.39 is 11.1 Å². The summed E-state index contributed by atoms with van der Waals surface area (Å²) in [6, 6.07) is 11.3. The van der Waals surface area contributed by atoms with Crippen LogP contribution in [-0.4, -0.2) is 25.4 Å². The lowest BCUT2D eigenvalue weighted by Gasteiger charge is -2.10. The monoisotopic (exact) mass is 319 g/mol. The minimum Gasteiger partial charge on any atom is -0.497 e. The molecule has 0 atom stereocenters. The Kier molecular flexibility index (Phi) is 5.01. The predicted octanol–water partition coefficient (Wildman–Crippen LogP) is 3.34. The normalized spacial score (nSPS) is 9.95. The average Bonchev–Trinajstić information content (AvgIpc) is 2.54. The molecule has 2 rings (SSSR count). The van der Waals surface area contributed by atoms with Crippen LogP contribution in [0.4, 0.5) is 5.69 Å². The molecule has 0 unspecified atom stereocenters. The number of benzene rings is 2. The van der Waals surface area contributed by atoms with Crippen LogP contribution in [0.3, 0.4) is 0 Å². The quantitative estimate of drug-likeness (QED) is 0.858. The molecule has 1 N–H and O–H groups in total. The van der Waals surface area contributed by atoms with Gasteiger partial charge in [0.1, 0.15) is 11.5 Å². The molecule has 114 valence electrons. The van der Waals surface area contributed by atoms with Crippen molar-refractivity contribution in [3.63, 3.8) is 0 Å². The van der Waals surface area contributed by atoms with Crippen LogP contribution in [-0.2, 0) is 0 Å². The number of rotatable bonds is 5. The van der Waals surface area contributed by atoms with E-state index in [-0.39, 0.29) is 5.56 Å². The maximum absolute atomic E-state index is 12.3. The van der Waals surface area contributed by atoms with Crippen molar-refractivity contribution >= 4 is 28.4 Å². The maximum Gasteiger partial charge on any atom is 0.255 e. The summed E-state index contributed by atoms with van der Waals surface area (Å²) in [6.07, 6.45) is 0. The maximum atomic E-state index is 12.3. The lowest BCUT2D eigenvalue weighted by atomic mass is 10.1. The van der Waals surface area contributed by atoms with Crippen molar-refractivity contribution in [1.29, 1.82) is 0 Å². The molecule has 0 aliphatic heterocycles. The number of hydrogen-bond acceptors (Lipinski definition) is 4. The number of methoxy groups -OCH3 is 2. The van der Waals surface area contributed by atoms with E-state index in [1.807, 2.05) is 0 Å². The highest BCUT2D eigenvalue weighted by Crippen LogP contribution is 2.24. The van der Waals surface area contributed by atoms with E-state index in [0.29, 0.717) is 22.7 Å². The Morgan fingerprint density at radius 1 is 1.00 bits per heavy atom. The SMILES string of the molecule is COc1cc(OC)cc(C(=O)Nc2ccccc2C(=O)Cl)c1. The summed E-state index contributed by atoms with van der Waals surface area (Å²) in [5, 5.41) is 2.02. The lowest BCUT2D eigenvalue weighted by Crippen LogP contribution is -2.14. The van der Waals surface area contributed by atoms with Gasteiger partial charge < -0.3 is 14.8 Å². The first-order valence-electron chi connectivity index (χ1n) is 6.38. The lowest BCUT2D eigenvalue weighted by molar-refractivity contribution is 0.102. The van der Waals surface area contributed by atoms with Crippen molar-refractivity contribution in [2.24, 2.45) is 0 Å². The van der Waals surface area contributed by atoms with Crippen molar-refractivity contribution in [3.05, 3.63) is 53.6 Å². The highest BCUT2D eigenvalue weighted by Gasteiger charge is 2.14. The molecule has 0 aromatic heterocycles. The third-order valence-corrected chi connectivity index (χ3v) is 3.20. The molecule has 0 aliphatic carbocycles. The molecule has 0 radical (unpaired) electrons. The highest BCUT2D eigenvalue weighted by atomic mass is 35.5. The number of hydrogen-bond donors (Lipinski definition) is 1. The number of ether oxygens (including phenoxy) is 2. The average molecular weight is 320 g/mol. The molecular weight excluding hydrogens is 306 g/mol. The fourth-order valence-corrected chi connectivity index (χ4v) is 2.06. The summed E-state index contributed by atoms with van der Waals surface area (Å²) >= 11 is 5.50. The second-order valence-corrected chi connectivity index (χ2v) is 4.72. The van der Waals surface area contributed by atoms with Gasteiger partial charge in [0.15, 0.2) is 0 Å². The van der Waals surface area contributed by atoms with Crippen molar-refractivity contribution in [3.8, 4) is 11.5 Å². The molecule has 6 heteroatoms. The first kappa shape index (κ1) is 15.9. The molecule has 0 saturated carbocycles. The number of carbonyl (C=O) groups excluding carboxylic acids is 2. The van der Waals surface area contributed by atoms with Gasteiger partial charge in [-0.2, -0.15) is 0 Å². The first-order valence-corrected chi connectivity index (χ1v) is 6.76. The van der Waals surface area contributed by atoms with E-state index in [0.717, 1.165) is 0 Å². The van der Waals surface area contributed by atoms with Gasteiger partial charge in [-0.05, 0) is 35.9 Å². The number of amides is 1. The molecule has 0 aliphatic rings. The standard InChI is InChI=1S/C16H14ClNO4/c1-21-11-7-10(8-12(9-11)22-2)16(20)18-14-6-4-3-5-13(14)15(17)19/h3-9H,1-2H3,(H,18,20). The van der Waals surface area contributed by atoms with Crippen LogP contribution >= 0.6 is 11.6 Å². The topological polar surface area (TPSA) is 64.6 Å². The van der Waals surface area contributed by atoms with E-state index in [1.54, 1.807) is 36.4 Å². The van der Waals surface area contributed by atoms with Gasteiger partial charge in [-0.25, -0.2) is 0 Å². The minimum atomic E-state index is -0.640. The Hall–Kier alpha value is -2.53. The molecule has 22 heavy (non-hydrogen) atoms. The summed E-state index contributed by atoms with van der Waals surface area (Å²) < 4.78 is 10.2. The molecule has 0 bridgehead atoms. The highest BCUT2D eigenvalue weighted by molar-refractivity contribution is 6.68. The van der Waals surface area contributed by atoms with Crippen LogP contribution in [0.5, 0.6) is 11.5 Å². The Morgan fingerprint density at radius 2 is 1.59 bits per heavy atom. The van der Waals surface area contributed by atoms with Gasteiger partial charge in [-0.15, -0.1) is 0 Å². The van der Waals surface area contributed by atoms with Gasteiger partial charge in [0, 0.05) is 11.6 Å². The fraction of sp³-hybridized carbons (Fsp3) is 0.125. The summed E-state index contributed by atoms with van der Waals surface area (Å²) in [6.45, 7) is 0. The first-order chi connectivity index (χ1) is 10.5. The number of para-hydroxylation sites is 1. The third-order valence-electron chi connectivity index (χ3n) is 3.00. The second kappa shape index (κ2) is 6.95. The van der Waals surface area contributed by atoms with Crippen molar-refractivity contribution in [2.75, 3.05) is 19.5 Å². The van der Waals surface area contributed by atoms with Crippen molar-refractivity contribution in [2.45, 2.75) is 0 Å². The summed E-state index contributed by atoms with van der Waals surface area (Å²) in [5.41, 5.74) is 0.912. The largest absolute Gasteiger partial charge is 0.497 e. The van der Waals surface area contributed by atoms with E-state index in [4.69, 9.17) is 21.1 Å². The zero-order chi connectivity index (χ0) is 16.1. The van der Waals surface area contributed by atoms with Crippen LogP contribution in [0.25, 0.3) is 0 Å². The van der Waals surface area contributed by atoms with Crippen LogP contribution in [0.2, 0.25) is 0 Å². The molecule has 0 fully saturated rings. The number of anilines is 1. The molecule has 2 aromatic rings. The van der Waals surface area contributed by atoms with Crippen LogP contribution in [0.15, 0.2) is 42.5 Å². The van der Waals surface area contributed by atoms with Gasteiger partial charge in [-0.1, -0.05) is 12.1 Å². The second-order valence-electron chi connectivity index (χ2n) is 4.37. The fourth-order valence-electron chi connectivity index (χ4n) is 1.90. The summed E-state index contributed by atoms with van der Waals surface area (Å²) in [5.74, 6) is 0.583. The Morgan fingerprint density at radius 3 is 2.14 bits per heavy atom. The van der Waals surface area contributed by atoms with Gasteiger partial charge in [0.25, 0.3) is 11.1 Å². The zero-order valence-electron chi connectivity index (χ0n) is 12.1. The zero-order valence-corrected chi connectivity index (χ0v) is 12.8. The smallest absolute Gasteiger partial charge is 0.255 e. The predicted molar refractivity (Wildman–Crippen MR) is 84.1 cm³/mol. The van der Waals surface area contributed by atoms with Crippen LogP contribution < -0.4 is 14.8 Å². The molecule has 0 saturated heterocycles. The molecule has 2 aromatic carbocycles. The summed E-state index contributed by atoms with van der Waals surface area (Å²) in [7, 11) is 3.00. The van der Waals surface area contributed by atoms with Gasteiger partial charge in [0.05, 0.1) is 25.5 Å². The molecule has 0 spiro atoms. The van der Waals surface area contributed by atoms with Crippen LogP contribution in [0, 0.1) is 0 Å². The van der Waals surface area contributed by atoms with Gasteiger partial charge in [0.2, 0.25) is 0 Å². The Bertz CT molecular complexity index is 693. The Balaban J connectivity index is 2.32. The number of nitrogens with one attached hydrogen (secondary N) is 1. The van der Waals surface area contributed by atoms with Crippen molar-refractivity contribution < 1.29 is 19.1 Å². The van der Waals surface area contributed by atoms with E-state index in [1.165, 1.54) is 20.3 Å². The molecular formula is C16H14ClNO4. The molecule has 5 nitrogen and oxygen atoms in total. The number of halogens is 1. The molecule has 1 amide bonds. The van der Waals surface area contributed by atoms with Crippen LogP contribution in [0.1, 0.15) is 20.7 Å². The Labute approximate surface area is 132 Å². The van der Waals surface area contributed by atoms with E-state index in [2.05, 4.69) is 5.32 Å². The number of carbonyl (C=O) groups is 2. The van der Waals surface area contributed by atoms with E-state index >= 15 is 0 Å².